The number of hydrogen-bond donors (Lipinski definition) is 1. The van der Waals surface area contributed by atoms with E-state index in [0.717, 1.165) is 35.4 Å². The third-order valence-corrected chi connectivity index (χ3v) is 5.26. The van der Waals surface area contributed by atoms with Gasteiger partial charge in [0.1, 0.15) is 0 Å². The first-order valence-electron chi connectivity index (χ1n) is 6.01. The molecular weight excluding hydrogens is 300 g/mol. The first-order valence-corrected chi connectivity index (χ1v) is 7.68. The molecule has 0 radical (unpaired) electrons. The van der Waals surface area contributed by atoms with Crippen LogP contribution in [0.25, 0.3) is 0 Å². The largest absolute Gasteiger partial charge is 0.334 e. The Labute approximate surface area is 113 Å². The van der Waals surface area contributed by atoms with Gasteiger partial charge < -0.3 is 10.2 Å². The highest BCUT2D eigenvalue weighted by atomic mass is 79.9. The minimum absolute atomic E-state index is 0.199. The lowest BCUT2D eigenvalue weighted by Gasteiger charge is -2.36. The first-order chi connectivity index (χ1) is 8.25. The van der Waals surface area contributed by atoms with Gasteiger partial charge in [0.05, 0.1) is 9.35 Å². The van der Waals surface area contributed by atoms with Crippen molar-refractivity contribution in [1.82, 2.24) is 10.2 Å². The van der Waals surface area contributed by atoms with Crippen molar-refractivity contribution in [3.8, 4) is 0 Å². The van der Waals surface area contributed by atoms with Crippen molar-refractivity contribution in [2.45, 2.75) is 18.9 Å². The molecule has 5 heteroatoms. The van der Waals surface area contributed by atoms with Gasteiger partial charge in [-0.25, -0.2) is 0 Å². The van der Waals surface area contributed by atoms with Crippen LogP contribution in [0.15, 0.2) is 15.2 Å². The Morgan fingerprint density at radius 1 is 1.53 bits per heavy atom. The van der Waals surface area contributed by atoms with Gasteiger partial charge in [-0.3, -0.25) is 4.79 Å². The topological polar surface area (TPSA) is 32.3 Å². The molecule has 3 nitrogen and oxygen atoms in total. The Morgan fingerprint density at radius 2 is 2.41 bits per heavy atom. The fourth-order valence-corrected chi connectivity index (χ4v) is 4.04. The molecule has 2 saturated heterocycles. The number of nitrogens with zero attached hydrogens (tertiary/aromatic N) is 1. The second-order valence-electron chi connectivity index (χ2n) is 4.77. The van der Waals surface area contributed by atoms with Crippen molar-refractivity contribution in [2.24, 2.45) is 5.92 Å². The highest BCUT2D eigenvalue weighted by Gasteiger charge is 2.37. The average molecular weight is 315 g/mol. The van der Waals surface area contributed by atoms with E-state index in [1.54, 1.807) is 11.3 Å². The Kier molecular flexibility index (Phi) is 3.23. The number of thiophene rings is 1. The maximum atomic E-state index is 12.4. The van der Waals surface area contributed by atoms with Gasteiger partial charge in [-0.1, -0.05) is 0 Å². The molecule has 2 atom stereocenters. The van der Waals surface area contributed by atoms with Gasteiger partial charge in [0, 0.05) is 31.1 Å². The van der Waals surface area contributed by atoms with Crippen LogP contribution in [0.4, 0.5) is 0 Å². The standard InChI is InChI=1S/C12H15BrN2OS/c13-11-4-9(7-17-11)12(16)15-3-1-2-8-5-14-6-10(8)15/h4,7-8,10,14H,1-3,5-6H2. The number of nitrogens with one attached hydrogen (secondary N) is 1. The van der Waals surface area contributed by atoms with Crippen molar-refractivity contribution < 1.29 is 4.79 Å². The van der Waals surface area contributed by atoms with Crippen LogP contribution in [-0.4, -0.2) is 36.5 Å². The molecule has 1 amide bonds. The molecule has 0 bridgehead atoms. The van der Waals surface area contributed by atoms with Crippen molar-refractivity contribution >= 4 is 33.2 Å². The molecule has 2 aliphatic heterocycles. The van der Waals surface area contributed by atoms with Crippen molar-refractivity contribution in [1.29, 1.82) is 0 Å². The summed E-state index contributed by atoms with van der Waals surface area (Å²) >= 11 is 4.99. The third-order valence-electron chi connectivity index (χ3n) is 3.75. The van der Waals surface area contributed by atoms with E-state index in [4.69, 9.17) is 0 Å². The van der Waals surface area contributed by atoms with E-state index in [1.165, 1.54) is 6.42 Å². The van der Waals surface area contributed by atoms with Gasteiger partial charge >= 0.3 is 0 Å². The summed E-state index contributed by atoms with van der Waals surface area (Å²) in [7, 11) is 0. The summed E-state index contributed by atoms with van der Waals surface area (Å²) in [5.74, 6) is 0.861. The summed E-state index contributed by atoms with van der Waals surface area (Å²) in [6.45, 7) is 2.94. The molecule has 0 spiro atoms. The van der Waals surface area contributed by atoms with Gasteiger partial charge in [0.2, 0.25) is 0 Å². The molecule has 2 unspecified atom stereocenters. The van der Waals surface area contributed by atoms with E-state index < -0.39 is 0 Å². The summed E-state index contributed by atoms with van der Waals surface area (Å²) < 4.78 is 1.03. The van der Waals surface area contributed by atoms with Crippen LogP contribution in [0.2, 0.25) is 0 Å². The monoisotopic (exact) mass is 314 g/mol. The normalized spacial score (nSPS) is 28.2. The average Bonchev–Trinajstić information content (AvgIpc) is 2.95. The van der Waals surface area contributed by atoms with E-state index in [9.17, 15) is 4.79 Å². The van der Waals surface area contributed by atoms with E-state index >= 15 is 0 Å². The van der Waals surface area contributed by atoms with Crippen molar-refractivity contribution in [2.75, 3.05) is 19.6 Å². The number of likely N-dealkylation sites (tertiary alicyclic amines) is 1. The fraction of sp³-hybridized carbons (Fsp3) is 0.583. The number of halogens is 1. The smallest absolute Gasteiger partial charge is 0.255 e. The second kappa shape index (κ2) is 4.71. The quantitative estimate of drug-likeness (QED) is 0.863. The Balaban J connectivity index is 1.81. The number of carbonyl (C=O) groups excluding carboxylic acids is 1. The van der Waals surface area contributed by atoms with Crippen LogP contribution in [0.1, 0.15) is 23.2 Å². The lowest BCUT2D eigenvalue weighted by molar-refractivity contribution is 0.0575. The van der Waals surface area contributed by atoms with E-state index in [2.05, 4.69) is 26.1 Å². The summed E-state index contributed by atoms with van der Waals surface area (Å²) in [4.78, 5) is 14.5. The summed E-state index contributed by atoms with van der Waals surface area (Å²) in [5, 5.41) is 5.35. The predicted octanol–water partition coefficient (Wildman–Crippen LogP) is 2.33. The SMILES string of the molecule is O=C(c1csc(Br)c1)N1CCCC2CNCC21. The Hall–Kier alpha value is -0.390. The number of amides is 1. The molecular formula is C12H15BrN2OS. The van der Waals surface area contributed by atoms with E-state index in [-0.39, 0.29) is 5.91 Å². The zero-order valence-electron chi connectivity index (χ0n) is 9.49. The summed E-state index contributed by atoms with van der Waals surface area (Å²) in [6, 6.07) is 2.34. The Morgan fingerprint density at radius 3 is 3.18 bits per heavy atom. The molecule has 0 aromatic carbocycles. The molecule has 0 saturated carbocycles. The third kappa shape index (κ3) is 2.16. The summed E-state index contributed by atoms with van der Waals surface area (Å²) in [6.07, 6.45) is 2.40. The maximum absolute atomic E-state index is 12.4. The summed E-state index contributed by atoms with van der Waals surface area (Å²) in [5.41, 5.74) is 0.828. The first kappa shape index (κ1) is 11.7. The Bertz CT molecular complexity index is 434. The number of piperidine rings is 1. The highest BCUT2D eigenvalue weighted by molar-refractivity contribution is 9.11. The molecule has 3 heterocycles. The zero-order chi connectivity index (χ0) is 11.8. The van der Waals surface area contributed by atoms with Gasteiger partial charge in [-0.05, 0) is 40.8 Å². The van der Waals surface area contributed by atoms with Crippen LogP contribution < -0.4 is 5.32 Å². The van der Waals surface area contributed by atoms with Crippen LogP contribution >= 0.6 is 27.3 Å². The highest BCUT2D eigenvalue weighted by Crippen LogP contribution is 2.29. The number of carbonyl (C=O) groups is 1. The minimum atomic E-state index is 0.199. The minimum Gasteiger partial charge on any atom is -0.334 e. The van der Waals surface area contributed by atoms with E-state index in [0.29, 0.717) is 12.0 Å². The maximum Gasteiger partial charge on any atom is 0.255 e. The van der Waals surface area contributed by atoms with Crippen LogP contribution in [-0.2, 0) is 0 Å². The number of fused-ring (bicyclic) bond motifs is 1. The van der Waals surface area contributed by atoms with Crippen molar-refractivity contribution in [3.63, 3.8) is 0 Å². The molecule has 1 aromatic rings. The predicted molar refractivity (Wildman–Crippen MR) is 72.4 cm³/mol. The molecule has 1 aromatic heterocycles. The van der Waals surface area contributed by atoms with Gasteiger partial charge in [0.15, 0.2) is 0 Å². The molecule has 0 aliphatic carbocycles. The molecule has 2 fully saturated rings. The second-order valence-corrected chi connectivity index (χ2v) is 7.06. The van der Waals surface area contributed by atoms with Crippen LogP contribution in [0.3, 0.4) is 0 Å². The molecule has 3 rings (SSSR count). The van der Waals surface area contributed by atoms with Gasteiger partial charge in [-0.2, -0.15) is 0 Å². The lowest BCUT2D eigenvalue weighted by Crippen LogP contribution is -2.48. The number of rotatable bonds is 1. The lowest BCUT2D eigenvalue weighted by atomic mass is 9.91. The van der Waals surface area contributed by atoms with E-state index in [1.807, 2.05) is 11.4 Å². The van der Waals surface area contributed by atoms with Crippen LogP contribution in [0, 0.1) is 5.92 Å². The van der Waals surface area contributed by atoms with Gasteiger partial charge in [-0.15, -0.1) is 11.3 Å². The van der Waals surface area contributed by atoms with Crippen LogP contribution in [0.5, 0.6) is 0 Å². The fourth-order valence-electron chi connectivity index (χ4n) is 2.91. The number of hydrogen-bond acceptors (Lipinski definition) is 3. The molecule has 2 aliphatic rings. The van der Waals surface area contributed by atoms with Crippen molar-refractivity contribution in [3.05, 3.63) is 20.8 Å². The van der Waals surface area contributed by atoms with Gasteiger partial charge in [0.25, 0.3) is 5.91 Å². The molecule has 17 heavy (non-hydrogen) atoms. The molecule has 92 valence electrons. The zero-order valence-corrected chi connectivity index (χ0v) is 11.9. The molecule has 1 N–H and O–H groups in total.